The minimum atomic E-state index is -0.0126. The van der Waals surface area contributed by atoms with E-state index in [9.17, 15) is 0 Å². The van der Waals surface area contributed by atoms with Gasteiger partial charge in [0, 0.05) is 16.2 Å². The Labute approximate surface area is 202 Å². The molecule has 0 bridgehead atoms. The second kappa shape index (κ2) is 6.39. The van der Waals surface area contributed by atoms with Crippen LogP contribution in [-0.4, -0.2) is 9.55 Å². The molecule has 1 aliphatic carbocycles. The molecule has 0 saturated carbocycles. The topological polar surface area (TPSA) is 31.0 Å². The molecule has 1 aliphatic rings. The van der Waals surface area contributed by atoms with Gasteiger partial charge in [-0.2, -0.15) is 4.98 Å². The summed E-state index contributed by atoms with van der Waals surface area (Å²) < 4.78 is 8.40. The van der Waals surface area contributed by atoms with Gasteiger partial charge in [0.15, 0.2) is 5.58 Å². The first kappa shape index (κ1) is 19.0. The summed E-state index contributed by atoms with van der Waals surface area (Å²) in [6.45, 7) is 4.67. The summed E-state index contributed by atoms with van der Waals surface area (Å²) in [4.78, 5) is 4.84. The Hall–Kier alpha value is -4.37. The van der Waals surface area contributed by atoms with Gasteiger partial charge in [-0.1, -0.05) is 86.6 Å². The molecular weight excluding hydrogens is 428 g/mol. The predicted molar refractivity (Wildman–Crippen MR) is 143 cm³/mol. The molecule has 0 fully saturated rings. The molecule has 0 spiro atoms. The molecule has 0 aliphatic heterocycles. The Balaban J connectivity index is 1.53. The van der Waals surface area contributed by atoms with E-state index in [0.29, 0.717) is 6.01 Å². The van der Waals surface area contributed by atoms with Crippen LogP contribution in [0.15, 0.2) is 101 Å². The maximum Gasteiger partial charge on any atom is 0.307 e. The molecule has 0 saturated heterocycles. The van der Waals surface area contributed by atoms with Crippen molar-refractivity contribution in [2.75, 3.05) is 0 Å². The Bertz CT molecular complexity index is 1950. The second-order valence-electron chi connectivity index (χ2n) is 10.0. The van der Waals surface area contributed by atoms with Crippen molar-refractivity contribution in [2.45, 2.75) is 19.3 Å². The molecular formula is C32H22N2O. The summed E-state index contributed by atoms with van der Waals surface area (Å²) in [5.41, 5.74) is 9.37. The zero-order valence-electron chi connectivity index (χ0n) is 19.5. The van der Waals surface area contributed by atoms with Gasteiger partial charge < -0.3 is 4.42 Å². The van der Waals surface area contributed by atoms with Gasteiger partial charge >= 0.3 is 6.01 Å². The second-order valence-corrected chi connectivity index (χ2v) is 10.0. The lowest BCUT2D eigenvalue weighted by Crippen LogP contribution is -2.14. The normalized spacial score (nSPS) is 14.2. The Kier molecular flexibility index (Phi) is 3.47. The first-order valence-corrected chi connectivity index (χ1v) is 12.1. The first-order valence-electron chi connectivity index (χ1n) is 12.1. The lowest BCUT2D eigenvalue weighted by molar-refractivity contribution is 0.574. The van der Waals surface area contributed by atoms with Gasteiger partial charge in [-0.3, -0.25) is 4.57 Å². The van der Waals surface area contributed by atoms with Crippen LogP contribution in [0.4, 0.5) is 0 Å². The van der Waals surface area contributed by atoms with E-state index in [1.165, 1.54) is 43.8 Å². The molecule has 3 heteroatoms. The number of rotatable bonds is 1. The molecule has 3 nitrogen and oxygen atoms in total. The number of hydrogen-bond acceptors (Lipinski definition) is 2. The van der Waals surface area contributed by atoms with Crippen molar-refractivity contribution in [2.24, 2.45) is 0 Å². The SMILES string of the molecule is CC1(C)c2ccccc2-c2c1ccc1c2ccc2c1c1ccccc1n2-c1nc2ccccc2o1. The quantitative estimate of drug-likeness (QED) is 0.251. The molecule has 0 unspecified atom stereocenters. The fourth-order valence-electron chi connectivity index (χ4n) is 6.24. The molecule has 35 heavy (non-hydrogen) atoms. The highest BCUT2D eigenvalue weighted by Crippen LogP contribution is 2.52. The van der Waals surface area contributed by atoms with Crippen LogP contribution in [0.5, 0.6) is 0 Å². The molecule has 2 aromatic heterocycles. The number of hydrogen-bond donors (Lipinski definition) is 0. The minimum absolute atomic E-state index is 0.0126. The van der Waals surface area contributed by atoms with E-state index in [2.05, 4.69) is 91.2 Å². The number of para-hydroxylation sites is 3. The van der Waals surface area contributed by atoms with Gasteiger partial charge in [0.1, 0.15) is 5.52 Å². The Morgan fingerprint density at radius 1 is 0.657 bits per heavy atom. The molecule has 2 heterocycles. The van der Waals surface area contributed by atoms with E-state index >= 15 is 0 Å². The van der Waals surface area contributed by atoms with Crippen LogP contribution >= 0.6 is 0 Å². The number of aromatic nitrogens is 2. The lowest BCUT2D eigenvalue weighted by atomic mass is 9.82. The number of oxazole rings is 1. The molecule has 0 N–H and O–H groups in total. The molecule has 166 valence electrons. The lowest BCUT2D eigenvalue weighted by Gasteiger charge is -2.21. The van der Waals surface area contributed by atoms with Crippen LogP contribution in [0.2, 0.25) is 0 Å². The summed E-state index contributed by atoms with van der Waals surface area (Å²) in [6.07, 6.45) is 0. The van der Waals surface area contributed by atoms with E-state index in [-0.39, 0.29) is 5.41 Å². The first-order chi connectivity index (χ1) is 17.1. The zero-order chi connectivity index (χ0) is 23.3. The van der Waals surface area contributed by atoms with Crippen LogP contribution in [-0.2, 0) is 5.41 Å². The largest absolute Gasteiger partial charge is 0.423 e. The van der Waals surface area contributed by atoms with Crippen molar-refractivity contribution in [1.82, 2.24) is 9.55 Å². The number of benzene rings is 5. The average Bonchev–Trinajstić information content (AvgIpc) is 3.53. The van der Waals surface area contributed by atoms with Crippen molar-refractivity contribution in [1.29, 1.82) is 0 Å². The van der Waals surface area contributed by atoms with Gasteiger partial charge in [0.05, 0.1) is 11.0 Å². The third-order valence-corrected chi connectivity index (χ3v) is 7.85. The highest BCUT2D eigenvalue weighted by Gasteiger charge is 2.36. The average molecular weight is 451 g/mol. The summed E-state index contributed by atoms with van der Waals surface area (Å²) in [6, 6.07) is 35.1. The van der Waals surface area contributed by atoms with Crippen molar-refractivity contribution < 1.29 is 4.42 Å². The maximum absolute atomic E-state index is 6.24. The van der Waals surface area contributed by atoms with Crippen LogP contribution < -0.4 is 0 Å². The summed E-state index contributed by atoms with van der Waals surface area (Å²) >= 11 is 0. The van der Waals surface area contributed by atoms with Crippen molar-refractivity contribution in [3.63, 3.8) is 0 Å². The fraction of sp³-hybridized carbons (Fsp3) is 0.0938. The molecule has 5 aromatic carbocycles. The van der Waals surface area contributed by atoms with Gasteiger partial charge in [0.2, 0.25) is 0 Å². The van der Waals surface area contributed by atoms with Gasteiger partial charge in [-0.15, -0.1) is 0 Å². The predicted octanol–water partition coefficient (Wildman–Crippen LogP) is 8.38. The molecule has 0 atom stereocenters. The fourth-order valence-corrected chi connectivity index (χ4v) is 6.24. The molecule has 0 radical (unpaired) electrons. The summed E-state index contributed by atoms with van der Waals surface area (Å²) in [7, 11) is 0. The zero-order valence-corrected chi connectivity index (χ0v) is 19.5. The highest BCUT2D eigenvalue weighted by atomic mass is 16.4. The molecule has 7 aromatic rings. The van der Waals surface area contributed by atoms with E-state index < -0.39 is 0 Å². The Morgan fingerprint density at radius 2 is 1.43 bits per heavy atom. The monoisotopic (exact) mass is 450 g/mol. The molecule has 0 amide bonds. The van der Waals surface area contributed by atoms with E-state index in [1.807, 2.05) is 24.3 Å². The number of fused-ring (bicyclic) bond motifs is 10. The van der Waals surface area contributed by atoms with E-state index in [4.69, 9.17) is 9.40 Å². The third kappa shape index (κ3) is 2.33. The molecule has 8 rings (SSSR count). The van der Waals surface area contributed by atoms with Gasteiger partial charge in [-0.05, 0) is 57.3 Å². The van der Waals surface area contributed by atoms with Crippen molar-refractivity contribution >= 4 is 43.7 Å². The highest BCUT2D eigenvalue weighted by molar-refractivity contribution is 6.23. The third-order valence-electron chi connectivity index (χ3n) is 7.85. The standard InChI is InChI=1S/C32H22N2O/c1-32(2)23-11-5-3-9-21(23)29-19-16-18-27-30(20(19)15-17-24(29)32)22-10-4-7-13-26(22)34(27)31-33-25-12-6-8-14-28(25)35-31/h3-18H,1-2H3. The van der Waals surface area contributed by atoms with Crippen LogP contribution in [0, 0.1) is 0 Å². The van der Waals surface area contributed by atoms with E-state index in [1.54, 1.807) is 0 Å². The van der Waals surface area contributed by atoms with Crippen LogP contribution in [0.3, 0.4) is 0 Å². The smallest absolute Gasteiger partial charge is 0.307 e. The van der Waals surface area contributed by atoms with E-state index in [0.717, 1.165) is 22.1 Å². The van der Waals surface area contributed by atoms with Gasteiger partial charge in [-0.25, -0.2) is 0 Å². The summed E-state index contributed by atoms with van der Waals surface area (Å²) in [5.74, 6) is 0. The van der Waals surface area contributed by atoms with Crippen LogP contribution in [0.25, 0.3) is 60.8 Å². The van der Waals surface area contributed by atoms with Gasteiger partial charge in [0.25, 0.3) is 0 Å². The summed E-state index contributed by atoms with van der Waals surface area (Å²) in [5, 5.41) is 5.01. The van der Waals surface area contributed by atoms with Crippen molar-refractivity contribution in [3.05, 3.63) is 108 Å². The maximum atomic E-state index is 6.24. The van der Waals surface area contributed by atoms with Crippen molar-refractivity contribution in [3.8, 4) is 17.1 Å². The minimum Gasteiger partial charge on any atom is -0.423 e. The number of nitrogens with zero attached hydrogens (tertiary/aromatic N) is 2. The Morgan fingerprint density at radius 3 is 2.34 bits per heavy atom. The van der Waals surface area contributed by atoms with Crippen LogP contribution in [0.1, 0.15) is 25.0 Å².